The van der Waals surface area contributed by atoms with E-state index < -0.39 is 0 Å². The quantitative estimate of drug-likeness (QED) is 0.707. The summed E-state index contributed by atoms with van der Waals surface area (Å²) in [7, 11) is 0. The molecule has 0 unspecified atom stereocenters. The van der Waals surface area contributed by atoms with Gasteiger partial charge >= 0.3 is 0 Å². The summed E-state index contributed by atoms with van der Waals surface area (Å²) >= 11 is 0. The number of hydrogen-bond acceptors (Lipinski definition) is 2. The molecule has 2 rings (SSSR count). The van der Waals surface area contributed by atoms with E-state index in [9.17, 15) is 9.59 Å². The minimum Gasteiger partial charge on any atom is -0.342 e. The standard InChI is InChI=1S/C12H19NO2/c14-11(10-4-1-2-5-10)7-9-13-8-3-6-12(13)15/h10H,1-9H2. The van der Waals surface area contributed by atoms with E-state index in [0.717, 1.165) is 25.8 Å². The fourth-order valence-electron chi connectivity index (χ4n) is 2.64. The molecule has 0 spiro atoms. The maximum absolute atomic E-state index is 11.8. The number of likely N-dealkylation sites (tertiary alicyclic amines) is 1. The molecule has 0 aromatic heterocycles. The van der Waals surface area contributed by atoms with Crippen LogP contribution in [-0.4, -0.2) is 29.7 Å². The van der Waals surface area contributed by atoms with E-state index in [-0.39, 0.29) is 5.91 Å². The summed E-state index contributed by atoms with van der Waals surface area (Å²) < 4.78 is 0. The van der Waals surface area contributed by atoms with Crippen LogP contribution in [0, 0.1) is 5.92 Å². The molecule has 1 saturated heterocycles. The van der Waals surface area contributed by atoms with Gasteiger partial charge in [-0.3, -0.25) is 9.59 Å². The predicted octanol–water partition coefficient (Wildman–Crippen LogP) is 1.76. The molecule has 0 N–H and O–H groups in total. The van der Waals surface area contributed by atoms with Crippen molar-refractivity contribution in [2.45, 2.75) is 44.9 Å². The van der Waals surface area contributed by atoms with Gasteiger partial charge in [-0.25, -0.2) is 0 Å². The van der Waals surface area contributed by atoms with Crippen molar-refractivity contribution in [3.63, 3.8) is 0 Å². The first kappa shape index (κ1) is 10.7. The molecule has 3 nitrogen and oxygen atoms in total. The summed E-state index contributed by atoms with van der Waals surface area (Å²) in [4.78, 5) is 24.9. The Morgan fingerprint density at radius 3 is 2.60 bits per heavy atom. The highest BCUT2D eigenvalue weighted by molar-refractivity contribution is 5.83. The molecule has 0 atom stereocenters. The lowest BCUT2D eigenvalue weighted by Gasteiger charge is -2.16. The van der Waals surface area contributed by atoms with Gasteiger partial charge in [0.25, 0.3) is 0 Å². The molecule has 0 aromatic carbocycles. The Labute approximate surface area is 90.8 Å². The van der Waals surface area contributed by atoms with Gasteiger partial charge in [0.05, 0.1) is 0 Å². The molecule has 1 aliphatic carbocycles. The summed E-state index contributed by atoms with van der Waals surface area (Å²) in [5, 5.41) is 0. The normalized spacial score (nSPS) is 22.7. The minimum atomic E-state index is 0.231. The number of amides is 1. The molecular weight excluding hydrogens is 190 g/mol. The Kier molecular flexibility index (Phi) is 3.39. The number of nitrogens with zero attached hydrogens (tertiary/aromatic N) is 1. The van der Waals surface area contributed by atoms with E-state index in [2.05, 4.69) is 0 Å². The van der Waals surface area contributed by atoms with Crippen molar-refractivity contribution in [2.24, 2.45) is 5.92 Å². The number of carbonyl (C=O) groups is 2. The third kappa shape index (κ3) is 2.58. The van der Waals surface area contributed by atoms with Crippen molar-refractivity contribution in [1.82, 2.24) is 4.90 Å². The second kappa shape index (κ2) is 4.77. The molecule has 0 bridgehead atoms. The smallest absolute Gasteiger partial charge is 0.222 e. The van der Waals surface area contributed by atoms with Crippen molar-refractivity contribution in [2.75, 3.05) is 13.1 Å². The zero-order valence-electron chi connectivity index (χ0n) is 9.21. The van der Waals surface area contributed by atoms with E-state index in [1.165, 1.54) is 12.8 Å². The molecule has 1 aliphatic heterocycles. The van der Waals surface area contributed by atoms with Gasteiger partial charge < -0.3 is 4.90 Å². The highest BCUT2D eigenvalue weighted by atomic mass is 16.2. The number of rotatable bonds is 4. The summed E-state index contributed by atoms with van der Waals surface area (Å²) in [5.74, 6) is 0.920. The van der Waals surface area contributed by atoms with Crippen LogP contribution >= 0.6 is 0 Å². The topological polar surface area (TPSA) is 37.4 Å². The third-order valence-electron chi connectivity index (χ3n) is 3.61. The van der Waals surface area contributed by atoms with E-state index >= 15 is 0 Å². The fraction of sp³-hybridized carbons (Fsp3) is 0.833. The van der Waals surface area contributed by atoms with Crippen LogP contribution in [0.25, 0.3) is 0 Å². The molecule has 84 valence electrons. The van der Waals surface area contributed by atoms with Crippen LogP contribution in [0.1, 0.15) is 44.9 Å². The summed E-state index contributed by atoms with van der Waals surface area (Å²) in [6.45, 7) is 1.52. The SMILES string of the molecule is O=C(CCN1CCCC1=O)C1CCCC1. The molecule has 1 saturated carbocycles. The number of carbonyl (C=O) groups excluding carboxylic acids is 2. The number of hydrogen-bond donors (Lipinski definition) is 0. The van der Waals surface area contributed by atoms with E-state index in [1.807, 2.05) is 4.90 Å². The molecule has 1 amide bonds. The monoisotopic (exact) mass is 209 g/mol. The largest absolute Gasteiger partial charge is 0.342 e. The second-order valence-corrected chi connectivity index (χ2v) is 4.68. The Morgan fingerprint density at radius 2 is 2.00 bits per heavy atom. The van der Waals surface area contributed by atoms with E-state index in [1.54, 1.807) is 0 Å². The molecule has 0 radical (unpaired) electrons. The zero-order valence-corrected chi connectivity index (χ0v) is 9.21. The summed E-state index contributed by atoms with van der Waals surface area (Å²) in [5.41, 5.74) is 0. The second-order valence-electron chi connectivity index (χ2n) is 4.68. The number of ketones is 1. The Hall–Kier alpha value is -0.860. The highest BCUT2D eigenvalue weighted by Crippen LogP contribution is 2.26. The van der Waals surface area contributed by atoms with E-state index in [0.29, 0.717) is 31.1 Å². The highest BCUT2D eigenvalue weighted by Gasteiger charge is 2.25. The lowest BCUT2D eigenvalue weighted by atomic mass is 10.0. The van der Waals surface area contributed by atoms with Crippen LogP contribution < -0.4 is 0 Å². The first-order valence-electron chi connectivity index (χ1n) is 6.08. The van der Waals surface area contributed by atoms with Crippen molar-refractivity contribution < 1.29 is 9.59 Å². The minimum absolute atomic E-state index is 0.231. The molecule has 3 heteroatoms. The molecule has 1 heterocycles. The van der Waals surface area contributed by atoms with E-state index in [4.69, 9.17) is 0 Å². The summed E-state index contributed by atoms with van der Waals surface area (Å²) in [6.07, 6.45) is 6.79. The van der Waals surface area contributed by atoms with Gasteiger partial charge in [0.2, 0.25) is 5.91 Å². The van der Waals surface area contributed by atoms with Crippen LogP contribution in [0.15, 0.2) is 0 Å². The lowest BCUT2D eigenvalue weighted by Crippen LogP contribution is -2.28. The average Bonchev–Trinajstić information content (AvgIpc) is 2.85. The van der Waals surface area contributed by atoms with Crippen molar-refractivity contribution >= 4 is 11.7 Å². The lowest BCUT2D eigenvalue weighted by molar-refractivity contribution is -0.128. The molecule has 2 fully saturated rings. The molecule has 0 aromatic rings. The van der Waals surface area contributed by atoms with Crippen LogP contribution in [-0.2, 0) is 9.59 Å². The zero-order chi connectivity index (χ0) is 10.7. The van der Waals surface area contributed by atoms with Crippen LogP contribution in [0.5, 0.6) is 0 Å². The Morgan fingerprint density at radius 1 is 1.27 bits per heavy atom. The van der Waals surface area contributed by atoms with Crippen LogP contribution in [0.2, 0.25) is 0 Å². The van der Waals surface area contributed by atoms with Gasteiger partial charge in [-0.1, -0.05) is 12.8 Å². The van der Waals surface area contributed by atoms with Crippen molar-refractivity contribution in [3.8, 4) is 0 Å². The Bertz CT molecular complexity index is 256. The maximum atomic E-state index is 11.8. The van der Waals surface area contributed by atoms with Crippen molar-refractivity contribution in [3.05, 3.63) is 0 Å². The average molecular weight is 209 g/mol. The summed E-state index contributed by atoms with van der Waals surface area (Å²) in [6, 6.07) is 0. The van der Waals surface area contributed by atoms with Crippen molar-refractivity contribution in [1.29, 1.82) is 0 Å². The van der Waals surface area contributed by atoms with Gasteiger partial charge in [-0.2, -0.15) is 0 Å². The van der Waals surface area contributed by atoms with Gasteiger partial charge in [-0.05, 0) is 19.3 Å². The molecule has 15 heavy (non-hydrogen) atoms. The van der Waals surface area contributed by atoms with Gasteiger partial charge in [-0.15, -0.1) is 0 Å². The van der Waals surface area contributed by atoms with Crippen LogP contribution in [0.4, 0.5) is 0 Å². The number of Topliss-reactive ketones (excluding diaryl/α,β-unsaturated/α-hetero) is 1. The molecular formula is C12H19NO2. The van der Waals surface area contributed by atoms with Gasteiger partial charge in [0.1, 0.15) is 5.78 Å². The third-order valence-corrected chi connectivity index (χ3v) is 3.61. The Balaban J connectivity index is 1.72. The fourth-order valence-corrected chi connectivity index (χ4v) is 2.64. The van der Waals surface area contributed by atoms with Gasteiger partial charge in [0.15, 0.2) is 0 Å². The first-order valence-corrected chi connectivity index (χ1v) is 6.08. The predicted molar refractivity (Wildman–Crippen MR) is 57.4 cm³/mol. The van der Waals surface area contributed by atoms with Gasteiger partial charge in [0, 0.05) is 31.8 Å². The van der Waals surface area contributed by atoms with Crippen LogP contribution in [0.3, 0.4) is 0 Å². The maximum Gasteiger partial charge on any atom is 0.222 e. The first-order chi connectivity index (χ1) is 7.27. The molecule has 2 aliphatic rings.